The van der Waals surface area contributed by atoms with E-state index in [4.69, 9.17) is 0 Å². The van der Waals surface area contributed by atoms with Crippen LogP contribution >= 0.6 is 0 Å². The van der Waals surface area contributed by atoms with E-state index in [9.17, 15) is 5.11 Å². The third kappa shape index (κ3) is 2.81. The standard InChI is InChI=1S/C16H25N3O/c1-2-7-17-16-12(4-3-8-18-16)11-19-13-5-6-14(19)10-15(20)9-13/h3-4,8,13-15,20H,2,5-7,9-11H2,1H3,(H,17,18). The lowest BCUT2D eigenvalue weighted by atomic mass is 9.99. The van der Waals surface area contributed by atoms with Gasteiger partial charge in [-0.3, -0.25) is 4.90 Å². The number of hydrogen-bond acceptors (Lipinski definition) is 4. The molecule has 2 aliphatic heterocycles. The highest BCUT2D eigenvalue weighted by Crippen LogP contribution is 2.37. The Morgan fingerprint density at radius 2 is 2.10 bits per heavy atom. The van der Waals surface area contributed by atoms with Gasteiger partial charge in [-0.1, -0.05) is 13.0 Å². The Kier molecular flexibility index (Phi) is 4.22. The SMILES string of the molecule is CCCNc1ncccc1CN1C2CCC1CC(O)C2. The average Bonchev–Trinajstić information content (AvgIpc) is 2.69. The van der Waals surface area contributed by atoms with Gasteiger partial charge >= 0.3 is 0 Å². The Morgan fingerprint density at radius 3 is 2.80 bits per heavy atom. The fourth-order valence-corrected chi connectivity index (χ4v) is 3.67. The van der Waals surface area contributed by atoms with E-state index in [0.717, 1.165) is 38.2 Å². The van der Waals surface area contributed by atoms with E-state index < -0.39 is 0 Å². The van der Waals surface area contributed by atoms with E-state index in [0.29, 0.717) is 12.1 Å². The zero-order valence-corrected chi connectivity index (χ0v) is 12.3. The van der Waals surface area contributed by atoms with Crippen LogP contribution in [0, 0.1) is 0 Å². The molecule has 2 fully saturated rings. The minimum Gasteiger partial charge on any atom is -0.393 e. The van der Waals surface area contributed by atoms with Gasteiger partial charge in [-0.2, -0.15) is 0 Å². The summed E-state index contributed by atoms with van der Waals surface area (Å²) in [7, 11) is 0. The number of pyridine rings is 1. The van der Waals surface area contributed by atoms with Crippen molar-refractivity contribution in [2.45, 2.75) is 63.8 Å². The van der Waals surface area contributed by atoms with Gasteiger partial charge in [0.1, 0.15) is 5.82 Å². The van der Waals surface area contributed by atoms with E-state index in [1.54, 1.807) is 0 Å². The number of piperidine rings is 1. The number of aliphatic hydroxyl groups is 1. The molecule has 4 nitrogen and oxygen atoms in total. The molecule has 0 aliphatic carbocycles. The van der Waals surface area contributed by atoms with Crippen LogP contribution in [0.4, 0.5) is 5.82 Å². The third-order valence-corrected chi connectivity index (χ3v) is 4.65. The molecular weight excluding hydrogens is 250 g/mol. The van der Waals surface area contributed by atoms with Crippen molar-refractivity contribution in [2.75, 3.05) is 11.9 Å². The molecule has 2 unspecified atom stereocenters. The maximum atomic E-state index is 9.89. The molecule has 20 heavy (non-hydrogen) atoms. The number of anilines is 1. The fraction of sp³-hybridized carbons (Fsp3) is 0.688. The Labute approximate surface area is 121 Å². The van der Waals surface area contributed by atoms with Crippen LogP contribution in [0.1, 0.15) is 44.6 Å². The second-order valence-electron chi connectivity index (χ2n) is 6.12. The number of nitrogens with zero attached hydrogens (tertiary/aromatic N) is 2. The van der Waals surface area contributed by atoms with Crippen LogP contribution in [0.2, 0.25) is 0 Å². The van der Waals surface area contributed by atoms with Crippen LogP contribution in [0.25, 0.3) is 0 Å². The molecule has 3 rings (SSSR count). The van der Waals surface area contributed by atoms with Crippen LogP contribution in [0.15, 0.2) is 18.3 Å². The maximum absolute atomic E-state index is 9.89. The highest BCUT2D eigenvalue weighted by molar-refractivity contribution is 5.43. The molecule has 2 saturated heterocycles. The number of nitrogens with one attached hydrogen (secondary N) is 1. The monoisotopic (exact) mass is 275 g/mol. The Hall–Kier alpha value is -1.13. The molecule has 0 amide bonds. The molecule has 0 radical (unpaired) electrons. The fourth-order valence-electron chi connectivity index (χ4n) is 3.67. The highest BCUT2D eigenvalue weighted by Gasteiger charge is 2.40. The van der Waals surface area contributed by atoms with E-state index in [1.165, 1.54) is 18.4 Å². The predicted octanol–water partition coefficient (Wildman–Crippen LogP) is 2.39. The molecule has 4 heteroatoms. The van der Waals surface area contributed by atoms with Crippen molar-refractivity contribution >= 4 is 5.82 Å². The van der Waals surface area contributed by atoms with Gasteiger partial charge in [0, 0.05) is 36.9 Å². The summed E-state index contributed by atoms with van der Waals surface area (Å²) < 4.78 is 0. The van der Waals surface area contributed by atoms with Crippen molar-refractivity contribution in [1.29, 1.82) is 0 Å². The first kappa shape index (κ1) is 13.8. The van der Waals surface area contributed by atoms with Crippen molar-refractivity contribution < 1.29 is 5.11 Å². The molecule has 1 aromatic rings. The molecule has 2 bridgehead atoms. The summed E-state index contributed by atoms with van der Waals surface area (Å²) in [5, 5.41) is 13.3. The summed E-state index contributed by atoms with van der Waals surface area (Å²) >= 11 is 0. The van der Waals surface area contributed by atoms with E-state index in [2.05, 4.69) is 28.2 Å². The van der Waals surface area contributed by atoms with Crippen LogP contribution in [0.3, 0.4) is 0 Å². The molecule has 0 saturated carbocycles. The lowest BCUT2D eigenvalue weighted by Gasteiger charge is -2.37. The Morgan fingerprint density at radius 1 is 1.35 bits per heavy atom. The smallest absolute Gasteiger partial charge is 0.130 e. The number of fused-ring (bicyclic) bond motifs is 2. The van der Waals surface area contributed by atoms with Gasteiger partial charge < -0.3 is 10.4 Å². The third-order valence-electron chi connectivity index (χ3n) is 4.65. The topological polar surface area (TPSA) is 48.4 Å². The lowest BCUT2D eigenvalue weighted by molar-refractivity contribution is 0.0311. The van der Waals surface area contributed by atoms with Gasteiger partial charge in [0.15, 0.2) is 0 Å². The van der Waals surface area contributed by atoms with Crippen LogP contribution in [-0.4, -0.2) is 39.7 Å². The average molecular weight is 275 g/mol. The Bertz CT molecular complexity index is 437. The summed E-state index contributed by atoms with van der Waals surface area (Å²) in [6.45, 7) is 4.10. The van der Waals surface area contributed by atoms with Crippen LogP contribution < -0.4 is 5.32 Å². The largest absolute Gasteiger partial charge is 0.393 e. The van der Waals surface area contributed by atoms with Crippen LogP contribution in [0.5, 0.6) is 0 Å². The molecular formula is C16H25N3O. The van der Waals surface area contributed by atoms with Crippen molar-refractivity contribution in [2.24, 2.45) is 0 Å². The minimum absolute atomic E-state index is 0.0877. The quantitative estimate of drug-likeness (QED) is 0.866. The number of aromatic nitrogens is 1. The first-order valence-electron chi connectivity index (χ1n) is 7.89. The number of aliphatic hydroxyl groups excluding tert-OH is 1. The Balaban J connectivity index is 1.72. The molecule has 2 atom stereocenters. The van der Waals surface area contributed by atoms with Gasteiger partial charge in [-0.25, -0.2) is 4.98 Å². The van der Waals surface area contributed by atoms with Gasteiger partial charge in [-0.05, 0) is 38.2 Å². The highest BCUT2D eigenvalue weighted by atomic mass is 16.3. The van der Waals surface area contributed by atoms with Crippen LogP contribution in [-0.2, 0) is 6.54 Å². The molecule has 3 heterocycles. The van der Waals surface area contributed by atoms with Gasteiger partial charge in [0.05, 0.1) is 6.10 Å². The predicted molar refractivity (Wildman–Crippen MR) is 80.6 cm³/mol. The number of rotatable bonds is 5. The number of hydrogen-bond donors (Lipinski definition) is 2. The second-order valence-corrected chi connectivity index (χ2v) is 6.12. The molecule has 2 N–H and O–H groups in total. The summed E-state index contributed by atoms with van der Waals surface area (Å²) in [5.41, 5.74) is 1.29. The molecule has 110 valence electrons. The normalized spacial score (nSPS) is 29.6. The maximum Gasteiger partial charge on any atom is 0.130 e. The molecule has 0 spiro atoms. The van der Waals surface area contributed by atoms with Gasteiger partial charge in [-0.15, -0.1) is 0 Å². The van der Waals surface area contributed by atoms with E-state index in [-0.39, 0.29) is 6.10 Å². The summed E-state index contributed by atoms with van der Waals surface area (Å²) in [6.07, 6.45) is 7.23. The zero-order valence-electron chi connectivity index (χ0n) is 12.3. The summed E-state index contributed by atoms with van der Waals surface area (Å²) in [6, 6.07) is 5.31. The van der Waals surface area contributed by atoms with E-state index >= 15 is 0 Å². The van der Waals surface area contributed by atoms with E-state index in [1.807, 2.05) is 12.3 Å². The van der Waals surface area contributed by atoms with Gasteiger partial charge in [0.25, 0.3) is 0 Å². The summed E-state index contributed by atoms with van der Waals surface area (Å²) in [5.74, 6) is 1.03. The van der Waals surface area contributed by atoms with Crippen molar-refractivity contribution in [1.82, 2.24) is 9.88 Å². The zero-order chi connectivity index (χ0) is 13.9. The molecule has 1 aromatic heterocycles. The first-order valence-corrected chi connectivity index (χ1v) is 7.89. The first-order chi connectivity index (χ1) is 9.78. The minimum atomic E-state index is -0.0877. The lowest BCUT2D eigenvalue weighted by Crippen LogP contribution is -2.44. The second kappa shape index (κ2) is 6.10. The van der Waals surface area contributed by atoms with Crippen molar-refractivity contribution in [3.63, 3.8) is 0 Å². The summed E-state index contributed by atoms with van der Waals surface area (Å²) in [4.78, 5) is 7.06. The molecule has 2 aliphatic rings. The van der Waals surface area contributed by atoms with Crippen molar-refractivity contribution in [3.05, 3.63) is 23.9 Å². The van der Waals surface area contributed by atoms with Crippen molar-refractivity contribution in [3.8, 4) is 0 Å². The molecule has 0 aromatic carbocycles. The van der Waals surface area contributed by atoms with Gasteiger partial charge in [0.2, 0.25) is 0 Å².